The minimum Gasteiger partial charge on any atom is -0.501 e. The summed E-state index contributed by atoms with van der Waals surface area (Å²) in [6.45, 7) is 3.56. The number of hydrogen-bond acceptors (Lipinski definition) is 8. The molecule has 2 aliphatic heterocycles. The second kappa shape index (κ2) is 9.19. The number of hydrogen-bond donors (Lipinski definition) is 2. The Bertz CT molecular complexity index is 1330. The number of amides is 1. The molecule has 0 saturated carbocycles. The highest BCUT2D eigenvalue weighted by Crippen LogP contribution is 2.35. The van der Waals surface area contributed by atoms with Crippen molar-refractivity contribution in [1.29, 1.82) is 0 Å². The van der Waals surface area contributed by atoms with Gasteiger partial charge in [-0.2, -0.15) is 5.10 Å². The SMILES string of the molecule is Cc1ncnn1-c1cc(F)ccc1CNC(=O)c1nc2n(c(=O)c1O)CCOCC21CCOCC1. The molecule has 35 heavy (non-hydrogen) atoms. The number of rotatable bonds is 4. The van der Waals surface area contributed by atoms with Crippen LogP contribution in [0.5, 0.6) is 5.75 Å². The molecule has 0 atom stereocenters. The predicted molar refractivity (Wildman–Crippen MR) is 120 cm³/mol. The average Bonchev–Trinajstić information content (AvgIpc) is 3.21. The maximum Gasteiger partial charge on any atom is 0.296 e. The first-order valence-corrected chi connectivity index (χ1v) is 11.3. The van der Waals surface area contributed by atoms with E-state index >= 15 is 0 Å². The van der Waals surface area contributed by atoms with E-state index in [4.69, 9.17) is 9.47 Å². The van der Waals surface area contributed by atoms with Crippen LogP contribution < -0.4 is 10.9 Å². The number of halogens is 1. The molecular formula is C23H25FN6O5. The molecule has 4 heterocycles. The van der Waals surface area contributed by atoms with Gasteiger partial charge < -0.3 is 19.9 Å². The van der Waals surface area contributed by atoms with E-state index < -0.39 is 28.4 Å². The fourth-order valence-electron chi connectivity index (χ4n) is 4.61. The lowest BCUT2D eigenvalue weighted by Crippen LogP contribution is -2.43. The first kappa shape index (κ1) is 23.1. The monoisotopic (exact) mass is 484 g/mol. The van der Waals surface area contributed by atoms with Crippen LogP contribution in [0.4, 0.5) is 4.39 Å². The van der Waals surface area contributed by atoms with Gasteiger partial charge in [-0.3, -0.25) is 14.2 Å². The number of ether oxygens (including phenoxy) is 2. The third-order valence-corrected chi connectivity index (χ3v) is 6.56. The molecule has 1 amide bonds. The number of benzene rings is 1. The molecule has 2 N–H and O–H groups in total. The normalized spacial score (nSPS) is 17.1. The molecule has 1 aromatic carbocycles. The number of nitrogens with zero attached hydrogens (tertiary/aromatic N) is 5. The molecular weight excluding hydrogens is 459 g/mol. The number of aromatic hydroxyl groups is 1. The van der Waals surface area contributed by atoms with Crippen molar-refractivity contribution < 1.29 is 23.8 Å². The number of fused-ring (bicyclic) bond motifs is 2. The van der Waals surface area contributed by atoms with Crippen molar-refractivity contribution in [1.82, 2.24) is 29.6 Å². The Balaban J connectivity index is 1.47. The van der Waals surface area contributed by atoms with Gasteiger partial charge in [0.2, 0.25) is 5.75 Å². The van der Waals surface area contributed by atoms with Gasteiger partial charge in [0.25, 0.3) is 11.5 Å². The van der Waals surface area contributed by atoms with Crippen molar-refractivity contribution in [3.05, 3.63) is 63.6 Å². The molecule has 2 aliphatic rings. The first-order valence-electron chi connectivity index (χ1n) is 11.3. The smallest absolute Gasteiger partial charge is 0.296 e. The minimum atomic E-state index is -0.721. The Morgan fingerprint density at radius 3 is 2.80 bits per heavy atom. The highest BCUT2D eigenvalue weighted by molar-refractivity contribution is 5.94. The maximum atomic E-state index is 14.0. The fraction of sp³-hybridized carbons (Fsp3) is 0.435. The molecule has 0 unspecified atom stereocenters. The molecule has 3 aromatic rings. The van der Waals surface area contributed by atoms with Crippen LogP contribution in [0, 0.1) is 12.7 Å². The van der Waals surface area contributed by atoms with Crippen LogP contribution in [-0.4, -0.2) is 61.8 Å². The van der Waals surface area contributed by atoms with E-state index in [0.717, 1.165) is 0 Å². The molecule has 184 valence electrons. The summed E-state index contributed by atoms with van der Waals surface area (Å²) in [5.74, 6) is -0.938. The van der Waals surface area contributed by atoms with Gasteiger partial charge in [0, 0.05) is 19.8 Å². The summed E-state index contributed by atoms with van der Waals surface area (Å²) < 4.78 is 28.1. The zero-order valence-electron chi connectivity index (χ0n) is 19.2. The van der Waals surface area contributed by atoms with Gasteiger partial charge in [0.1, 0.15) is 23.8 Å². The summed E-state index contributed by atoms with van der Waals surface area (Å²) in [5.41, 5.74) is -0.635. The van der Waals surface area contributed by atoms with Crippen molar-refractivity contribution in [2.45, 2.75) is 38.3 Å². The van der Waals surface area contributed by atoms with Gasteiger partial charge in [-0.15, -0.1) is 0 Å². The van der Waals surface area contributed by atoms with Crippen LogP contribution in [-0.2, 0) is 28.0 Å². The zero-order valence-corrected chi connectivity index (χ0v) is 19.2. The number of carbonyl (C=O) groups excluding carboxylic acids is 1. The Morgan fingerprint density at radius 2 is 2.06 bits per heavy atom. The quantitative estimate of drug-likeness (QED) is 0.560. The molecule has 11 nitrogen and oxygen atoms in total. The van der Waals surface area contributed by atoms with Crippen molar-refractivity contribution in [2.24, 2.45) is 0 Å². The van der Waals surface area contributed by atoms with Gasteiger partial charge in [0.15, 0.2) is 5.69 Å². The van der Waals surface area contributed by atoms with E-state index in [0.29, 0.717) is 62.2 Å². The summed E-state index contributed by atoms with van der Waals surface area (Å²) in [5, 5.41) is 17.4. The van der Waals surface area contributed by atoms with Crippen molar-refractivity contribution >= 4 is 5.91 Å². The largest absolute Gasteiger partial charge is 0.501 e. The lowest BCUT2D eigenvalue weighted by molar-refractivity contribution is 0.00413. The van der Waals surface area contributed by atoms with Gasteiger partial charge in [-0.25, -0.2) is 19.0 Å². The molecule has 1 fully saturated rings. The molecule has 1 spiro atoms. The van der Waals surface area contributed by atoms with Gasteiger partial charge in [-0.05, 0) is 37.5 Å². The first-order chi connectivity index (χ1) is 16.9. The molecule has 1 saturated heterocycles. The van der Waals surface area contributed by atoms with Crippen LogP contribution in [0.3, 0.4) is 0 Å². The number of carbonyl (C=O) groups is 1. The van der Waals surface area contributed by atoms with Crippen LogP contribution in [0.25, 0.3) is 5.69 Å². The summed E-state index contributed by atoms with van der Waals surface area (Å²) in [7, 11) is 0. The number of aromatic nitrogens is 5. The summed E-state index contributed by atoms with van der Waals surface area (Å²) >= 11 is 0. The second-order valence-electron chi connectivity index (χ2n) is 8.71. The van der Waals surface area contributed by atoms with E-state index in [1.54, 1.807) is 6.92 Å². The van der Waals surface area contributed by atoms with Crippen molar-refractivity contribution in [3.63, 3.8) is 0 Å². The topological polar surface area (TPSA) is 133 Å². The molecule has 12 heteroatoms. The van der Waals surface area contributed by atoms with E-state index in [1.165, 1.54) is 33.8 Å². The van der Waals surface area contributed by atoms with Gasteiger partial charge in [0.05, 0.1) is 30.9 Å². The molecule has 0 radical (unpaired) electrons. The third-order valence-electron chi connectivity index (χ3n) is 6.56. The standard InChI is InChI=1S/C23H25FN6O5/c1-14-26-13-27-30(14)17-10-16(24)3-2-15(17)11-25-20(32)18-19(31)21(33)29-6-9-35-12-23(22(29)28-18)4-7-34-8-5-23/h2-3,10,13,31H,4-9,11-12H2,1H3,(H,25,32). The molecule has 5 rings (SSSR count). The molecule has 0 bridgehead atoms. The van der Waals surface area contributed by atoms with E-state index in [9.17, 15) is 19.1 Å². The molecule has 0 aliphatic carbocycles. The maximum absolute atomic E-state index is 14.0. The predicted octanol–water partition coefficient (Wildman–Crippen LogP) is 0.986. The van der Waals surface area contributed by atoms with E-state index in [1.807, 2.05) is 0 Å². The Labute approximate surface area is 199 Å². The van der Waals surface area contributed by atoms with Crippen molar-refractivity contribution in [2.75, 3.05) is 26.4 Å². The van der Waals surface area contributed by atoms with Crippen LogP contribution in [0.15, 0.2) is 29.3 Å². The highest BCUT2D eigenvalue weighted by atomic mass is 19.1. The lowest BCUT2D eigenvalue weighted by atomic mass is 9.80. The Hall–Kier alpha value is -3.64. The third kappa shape index (κ3) is 4.19. The van der Waals surface area contributed by atoms with Crippen LogP contribution in [0.2, 0.25) is 0 Å². The number of aryl methyl sites for hydroxylation is 1. The summed E-state index contributed by atoms with van der Waals surface area (Å²) in [6, 6.07) is 4.10. The lowest BCUT2D eigenvalue weighted by Gasteiger charge is -2.35. The van der Waals surface area contributed by atoms with E-state index in [2.05, 4.69) is 20.4 Å². The van der Waals surface area contributed by atoms with Crippen molar-refractivity contribution in [3.8, 4) is 11.4 Å². The van der Waals surface area contributed by atoms with Crippen LogP contribution >= 0.6 is 0 Å². The summed E-state index contributed by atoms with van der Waals surface area (Å²) in [4.78, 5) is 34.7. The fourth-order valence-corrected chi connectivity index (χ4v) is 4.61. The van der Waals surface area contributed by atoms with Gasteiger partial charge in [-0.1, -0.05) is 6.07 Å². The Morgan fingerprint density at radius 1 is 1.26 bits per heavy atom. The number of nitrogens with one attached hydrogen (secondary N) is 1. The minimum absolute atomic E-state index is 0.0185. The van der Waals surface area contributed by atoms with Crippen LogP contribution in [0.1, 0.15) is 40.5 Å². The zero-order chi connectivity index (χ0) is 24.6. The van der Waals surface area contributed by atoms with Gasteiger partial charge >= 0.3 is 0 Å². The Kier molecular flexibility index (Phi) is 6.07. The highest BCUT2D eigenvalue weighted by Gasteiger charge is 2.41. The second-order valence-corrected chi connectivity index (χ2v) is 8.71. The summed E-state index contributed by atoms with van der Waals surface area (Å²) in [6.07, 6.45) is 2.52. The van der Waals surface area contributed by atoms with E-state index in [-0.39, 0.29) is 18.8 Å². The molecule has 2 aromatic heterocycles. The average molecular weight is 484 g/mol.